The minimum Gasteiger partial charge on any atom is -0.340 e. The first-order chi connectivity index (χ1) is 11.7. The molecule has 1 saturated heterocycles. The van der Waals surface area contributed by atoms with E-state index in [1.165, 1.54) is 17.0 Å². The molecule has 0 bridgehead atoms. The highest BCUT2D eigenvalue weighted by Gasteiger charge is 2.32. The number of carbonyl (C=O) groups is 1. The van der Waals surface area contributed by atoms with E-state index in [-0.39, 0.29) is 5.92 Å². The van der Waals surface area contributed by atoms with Crippen molar-refractivity contribution in [1.29, 1.82) is 0 Å². The molecular formula is C19H26N4O. The van der Waals surface area contributed by atoms with Crippen LogP contribution in [0.5, 0.6) is 0 Å². The summed E-state index contributed by atoms with van der Waals surface area (Å²) in [6, 6.07) is 4.18. The van der Waals surface area contributed by atoms with E-state index in [9.17, 15) is 4.79 Å². The van der Waals surface area contributed by atoms with Crippen molar-refractivity contribution < 1.29 is 4.79 Å². The number of fused-ring (bicyclic) bond motifs is 3. The topological polar surface area (TPSA) is 40.8 Å². The maximum atomic E-state index is 13.0. The molecule has 4 rings (SSSR count). The summed E-state index contributed by atoms with van der Waals surface area (Å²) in [4.78, 5) is 22.2. The number of pyridine rings is 1. The molecule has 5 heteroatoms. The van der Waals surface area contributed by atoms with Gasteiger partial charge in [-0.15, -0.1) is 0 Å². The molecule has 2 aromatic heterocycles. The number of aryl methyl sites for hydroxylation is 2. The highest BCUT2D eigenvalue weighted by Crippen LogP contribution is 2.28. The van der Waals surface area contributed by atoms with Gasteiger partial charge in [0.05, 0.1) is 5.69 Å². The van der Waals surface area contributed by atoms with Gasteiger partial charge in [0.15, 0.2) is 0 Å². The largest absolute Gasteiger partial charge is 0.340 e. The Balaban J connectivity index is 1.52. The van der Waals surface area contributed by atoms with Crippen LogP contribution in [0.2, 0.25) is 0 Å². The molecule has 24 heavy (non-hydrogen) atoms. The average molecular weight is 326 g/mol. The van der Waals surface area contributed by atoms with Crippen molar-refractivity contribution in [3.8, 4) is 0 Å². The molecule has 0 aromatic carbocycles. The fraction of sp³-hybridized carbons (Fsp3) is 0.579. The molecule has 1 amide bonds. The second-order valence-electron chi connectivity index (χ2n) is 7.14. The van der Waals surface area contributed by atoms with Gasteiger partial charge in [0, 0.05) is 50.4 Å². The van der Waals surface area contributed by atoms with Gasteiger partial charge in [-0.05, 0) is 37.9 Å². The Bertz CT molecular complexity index is 758. The fourth-order valence-corrected chi connectivity index (χ4v) is 4.06. The molecular weight excluding hydrogens is 300 g/mol. The highest BCUT2D eigenvalue weighted by molar-refractivity contribution is 5.79. The van der Waals surface area contributed by atoms with E-state index < -0.39 is 0 Å². The number of hydrogen-bond donors (Lipinski definition) is 0. The van der Waals surface area contributed by atoms with Crippen LogP contribution >= 0.6 is 0 Å². The molecule has 0 saturated carbocycles. The van der Waals surface area contributed by atoms with Crippen LogP contribution in [0.4, 0.5) is 0 Å². The van der Waals surface area contributed by atoms with Crippen molar-refractivity contribution in [3.05, 3.63) is 35.3 Å². The molecule has 0 spiro atoms. The number of carbonyl (C=O) groups excluding carboxylic acids is 1. The van der Waals surface area contributed by atoms with E-state index in [0.29, 0.717) is 5.91 Å². The fourth-order valence-electron chi connectivity index (χ4n) is 4.06. The third kappa shape index (κ3) is 2.71. The monoisotopic (exact) mass is 326 g/mol. The van der Waals surface area contributed by atoms with Gasteiger partial charge in [0.25, 0.3) is 0 Å². The van der Waals surface area contributed by atoms with Gasteiger partial charge >= 0.3 is 0 Å². The van der Waals surface area contributed by atoms with Crippen LogP contribution < -0.4 is 0 Å². The normalized spacial score (nSPS) is 21.9. The molecule has 1 atom stereocenters. The lowest BCUT2D eigenvalue weighted by Gasteiger charge is -2.36. The Morgan fingerprint density at radius 2 is 2.04 bits per heavy atom. The van der Waals surface area contributed by atoms with Crippen LogP contribution in [-0.4, -0.2) is 57.8 Å². The molecule has 0 N–H and O–H groups in total. The van der Waals surface area contributed by atoms with E-state index >= 15 is 0 Å². The zero-order valence-corrected chi connectivity index (χ0v) is 14.7. The number of piperazine rings is 1. The number of hydrogen-bond acceptors (Lipinski definition) is 3. The summed E-state index contributed by atoms with van der Waals surface area (Å²) in [5.41, 5.74) is 4.66. The molecule has 1 unspecified atom stereocenters. The average Bonchev–Trinajstić information content (AvgIpc) is 2.98. The lowest BCUT2D eigenvalue weighted by molar-refractivity contribution is -0.137. The van der Waals surface area contributed by atoms with Crippen molar-refractivity contribution in [1.82, 2.24) is 19.2 Å². The number of likely N-dealkylation sites (N-methyl/N-ethyl adjacent to an activating group) is 1. The minimum absolute atomic E-state index is 0.117. The van der Waals surface area contributed by atoms with Gasteiger partial charge in [0.2, 0.25) is 5.91 Å². The Morgan fingerprint density at radius 1 is 1.25 bits per heavy atom. The van der Waals surface area contributed by atoms with E-state index in [0.717, 1.165) is 57.6 Å². The Kier molecular flexibility index (Phi) is 4.04. The maximum Gasteiger partial charge on any atom is 0.226 e. The second-order valence-corrected chi connectivity index (χ2v) is 7.14. The van der Waals surface area contributed by atoms with Crippen LogP contribution in [0, 0.1) is 12.8 Å². The zero-order valence-electron chi connectivity index (χ0n) is 14.7. The number of aromatic nitrogens is 2. The summed E-state index contributed by atoms with van der Waals surface area (Å²) >= 11 is 0. The first-order valence-electron chi connectivity index (χ1n) is 9.13. The molecule has 1 aliphatic carbocycles. The minimum atomic E-state index is 0.117. The highest BCUT2D eigenvalue weighted by atomic mass is 16.2. The molecule has 2 aliphatic rings. The molecule has 0 radical (unpaired) electrons. The lowest BCUT2D eigenvalue weighted by Crippen LogP contribution is -2.50. The predicted molar refractivity (Wildman–Crippen MR) is 94.1 cm³/mol. The summed E-state index contributed by atoms with van der Waals surface area (Å²) in [7, 11) is 0. The van der Waals surface area contributed by atoms with Gasteiger partial charge in [-0.25, -0.2) is 4.98 Å². The molecule has 5 nitrogen and oxygen atoms in total. The van der Waals surface area contributed by atoms with Crippen LogP contribution in [0.3, 0.4) is 0 Å². The Labute approximate surface area is 143 Å². The van der Waals surface area contributed by atoms with Gasteiger partial charge in [-0.3, -0.25) is 4.79 Å². The second kappa shape index (κ2) is 6.20. The van der Waals surface area contributed by atoms with Gasteiger partial charge in [-0.1, -0.05) is 13.0 Å². The van der Waals surface area contributed by atoms with Crippen LogP contribution in [0.15, 0.2) is 18.3 Å². The summed E-state index contributed by atoms with van der Waals surface area (Å²) < 4.78 is 2.19. The molecule has 128 valence electrons. The number of imidazole rings is 1. The maximum absolute atomic E-state index is 13.0. The van der Waals surface area contributed by atoms with E-state index in [2.05, 4.69) is 46.4 Å². The molecule has 1 fully saturated rings. The van der Waals surface area contributed by atoms with Gasteiger partial charge in [0.1, 0.15) is 5.65 Å². The van der Waals surface area contributed by atoms with Crippen molar-refractivity contribution in [2.24, 2.45) is 5.92 Å². The van der Waals surface area contributed by atoms with Crippen molar-refractivity contribution in [2.45, 2.75) is 33.1 Å². The predicted octanol–water partition coefficient (Wildman–Crippen LogP) is 1.91. The quantitative estimate of drug-likeness (QED) is 0.846. The van der Waals surface area contributed by atoms with E-state index in [1.54, 1.807) is 0 Å². The third-order valence-corrected chi connectivity index (χ3v) is 5.60. The Morgan fingerprint density at radius 3 is 2.79 bits per heavy atom. The summed E-state index contributed by atoms with van der Waals surface area (Å²) in [6.45, 7) is 9.14. The molecule has 3 heterocycles. The molecule has 1 aliphatic heterocycles. The van der Waals surface area contributed by atoms with Crippen LogP contribution in [0.1, 0.15) is 30.3 Å². The van der Waals surface area contributed by atoms with Crippen LogP contribution in [-0.2, 0) is 17.6 Å². The summed E-state index contributed by atoms with van der Waals surface area (Å²) in [5.74, 6) is 0.463. The first kappa shape index (κ1) is 15.6. The van der Waals surface area contributed by atoms with Gasteiger partial charge in [-0.2, -0.15) is 0 Å². The molecule has 2 aromatic rings. The third-order valence-electron chi connectivity index (χ3n) is 5.60. The number of amides is 1. The summed E-state index contributed by atoms with van der Waals surface area (Å²) in [5, 5.41) is 0. The van der Waals surface area contributed by atoms with E-state index in [1.807, 2.05) is 0 Å². The van der Waals surface area contributed by atoms with Crippen molar-refractivity contribution >= 4 is 11.6 Å². The lowest BCUT2D eigenvalue weighted by atomic mass is 9.88. The SMILES string of the molecule is CCN1CCN(C(=O)C2CCc3nc4ccc(C)cn4c3C2)CC1. The van der Waals surface area contributed by atoms with Crippen LogP contribution in [0.25, 0.3) is 5.65 Å². The number of rotatable bonds is 2. The van der Waals surface area contributed by atoms with Crippen molar-refractivity contribution in [2.75, 3.05) is 32.7 Å². The number of nitrogens with zero attached hydrogens (tertiary/aromatic N) is 4. The standard InChI is InChI=1S/C19H26N4O/c1-3-21-8-10-22(11-9-21)19(24)15-5-6-16-17(12-15)23-13-14(2)4-7-18(23)20-16/h4,7,13,15H,3,5-6,8-12H2,1-2H3. The summed E-state index contributed by atoms with van der Waals surface area (Å²) in [6.07, 6.45) is 4.82. The smallest absolute Gasteiger partial charge is 0.226 e. The van der Waals surface area contributed by atoms with E-state index in [4.69, 9.17) is 4.98 Å². The van der Waals surface area contributed by atoms with Crippen molar-refractivity contribution in [3.63, 3.8) is 0 Å². The Hall–Kier alpha value is -1.88. The van der Waals surface area contributed by atoms with Gasteiger partial charge < -0.3 is 14.2 Å². The first-order valence-corrected chi connectivity index (χ1v) is 9.13. The zero-order chi connectivity index (χ0) is 16.7.